The molecular weight excluding hydrogens is 276 g/mol. The number of carbonyl (C=O) groups is 1. The molecule has 5 heteroatoms. The quantitative estimate of drug-likeness (QED) is 0.775. The van der Waals surface area contributed by atoms with Crippen LogP contribution in [0.2, 0.25) is 0 Å². The molecule has 2 amide bonds. The predicted octanol–water partition coefficient (Wildman–Crippen LogP) is 3.38. The van der Waals surface area contributed by atoms with Gasteiger partial charge < -0.3 is 10.6 Å². The van der Waals surface area contributed by atoms with E-state index in [1.165, 1.54) is 0 Å². The predicted molar refractivity (Wildman–Crippen MR) is 87.7 cm³/mol. The third-order valence-corrected chi connectivity index (χ3v) is 3.57. The highest BCUT2D eigenvalue weighted by Gasteiger charge is 2.06. The van der Waals surface area contributed by atoms with E-state index >= 15 is 0 Å². The summed E-state index contributed by atoms with van der Waals surface area (Å²) in [6.07, 6.45) is 1.74. The molecule has 0 fully saturated rings. The van der Waals surface area contributed by atoms with Crippen molar-refractivity contribution in [2.45, 2.75) is 20.0 Å². The molecule has 2 aromatic carbocycles. The molecule has 0 saturated heterocycles. The molecule has 0 aliphatic heterocycles. The number of urea groups is 1. The molecule has 0 aliphatic carbocycles. The number of fused-ring (bicyclic) bond motifs is 1. The van der Waals surface area contributed by atoms with Crippen molar-refractivity contribution >= 4 is 22.5 Å². The monoisotopic (exact) mass is 294 g/mol. The Kier molecular flexibility index (Phi) is 4.05. The minimum absolute atomic E-state index is 0.222. The lowest BCUT2D eigenvalue weighted by Crippen LogP contribution is -2.29. The number of nitrogens with one attached hydrogen (secondary N) is 2. The van der Waals surface area contributed by atoms with Crippen molar-refractivity contribution in [1.29, 1.82) is 0 Å². The lowest BCUT2D eigenvalue weighted by atomic mass is 10.1. The molecule has 0 aliphatic rings. The standard InChI is InChI=1S/C17H18N4O/c1-2-21-14(10-11-19-21)12-18-17(22)20-16-9-5-7-13-6-3-4-8-15(13)16/h3-11H,2,12H2,1H3,(H2,18,20,22). The molecule has 3 aromatic rings. The maximum absolute atomic E-state index is 12.1. The van der Waals surface area contributed by atoms with Crippen molar-refractivity contribution in [2.24, 2.45) is 0 Å². The highest BCUT2D eigenvalue weighted by molar-refractivity contribution is 6.01. The molecule has 0 atom stereocenters. The second kappa shape index (κ2) is 6.30. The number of benzene rings is 2. The Bertz CT molecular complexity index is 789. The van der Waals surface area contributed by atoms with Gasteiger partial charge in [0.15, 0.2) is 0 Å². The van der Waals surface area contributed by atoms with Crippen molar-refractivity contribution in [3.63, 3.8) is 0 Å². The number of anilines is 1. The zero-order valence-electron chi connectivity index (χ0n) is 12.4. The molecule has 0 spiro atoms. The van der Waals surface area contributed by atoms with Crippen molar-refractivity contribution in [3.05, 3.63) is 60.4 Å². The van der Waals surface area contributed by atoms with Gasteiger partial charge in [-0.15, -0.1) is 0 Å². The largest absolute Gasteiger partial charge is 0.332 e. The Morgan fingerprint density at radius 1 is 1.14 bits per heavy atom. The van der Waals surface area contributed by atoms with E-state index in [2.05, 4.69) is 15.7 Å². The molecule has 2 N–H and O–H groups in total. The average Bonchev–Trinajstić information content (AvgIpc) is 3.01. The highest BCUT2D eigenvalue weighted by atomic mass is 16.2. The zero-order chi connectivity index (χ0) is 15.4. The van der Waals surface area contributed by atoms with Crippen LogP contribution in [-0.2, 0) is 13.1 Å². The van der Waals surface area contributed by atoms with Gasteiger partial charge in [0.1, 0.15) is 0 Å². The molecule has 0 saturated carbocycles. The van der Waals surface area contributed by atoms with E-state index in [0.717, 1.165) is 28.7 Å². The summed E-state index contributed by atoms with van der Waals surface area (Å²) in [5.74, 6) is 0. The number of amides is 2. The first-order chi connectivity index (χ1) is 10.8. The maximum Gasteiger partial charge on any atom is 0.319 e. The molecule has 22 heavy (non-hydrogen) atoms. The maximum atomic E-state index is 12.1. The molecule has 3 rings (SSSR count). The fourth-order valence-electron chi connectivity index (χ4n) is 2.47. The summed E-state index contributed by atoms with van der Waals surface area (Å²) < 4.78 is 1.86. The molecule has 1 aromatic heterocycles. The van der Waals surface area contributed by atoms with Gasteiger partial charge in [0.25, 0.3) is 0 Å². The van der Waals surface area contributed by atoms with Crippen LogP contribution in [0.25, 0.3) is 10.8 Å². The van der Waals surface area contributed by atoms with Crippen LogP contribution in [-0.4, -0.2) is 15.8 Å². The van der Waals surface area contributed by atoms with Crippen LogP contribution < -0.4 is 10.6 Å². The van der Waals surface area contributed by atoms with E-state index in [0.29, 0.717) is 6.54 Å². The smallest absolute Gasteiger partial charge is 0.319 e. The highest BCUT2D eigenvalue weighted by Crippen LogP contribution is 2.22. The van der Waals surface area contributed by atoms with Gasteiger partial charge in [-0.25, -0.2) is 4.79 Å². The number of rotatable bonds is 4. The first-order valence-corrected chi connectivity index (χ1v) is 7.31. The minimum atomic E-state index is -0.222. The molecule has 0 unspecified atom stereocenters. The summed E-state index contributed by atoms with van der Waals surface area (Å²) in [5.41, 5.74) is 1.79. The van der Waals surface area contributed by atoms with E-state index < -0.39 is 0 Å². The summed E-state index contributed by atoms with van der Waals surface area (Å²) >= 11 is 0. The van der Waals surface area contributed by atoms with Gasteiger partial charge >= 0.3 is 6.03 Å². The van der Waals surface area contributed by atoms with Gasteiger partial charge in [0.2, 0.25) is 0 Å². The van der Waals surface area contributed by atoms with E-state index in [1.54, 1.807) is 6.20 Å². The van der Waals surface area contributed by atoms with Crippen LogP contribution in [0.5, 0.6) is 0 Å². The lowest BCUT2D eigenvalue weighted by Gasteiger charge is -2.10. The Morgan fingerprint density at radius 2 is 1.95 bits per heavy atom. The third-order valence-electron chi connectivity index (χ3n) is 3.57. The topological polar surface area (TPSA) is 59.0 Å². The summed E-state index contributed by atoms with van der Waals surface area (Å²) in [4.78, 5) is 12.1. The minimum Gasteiger partial charge on any atom is -0.332 e. The van der Waals surface area contributed by atoms with Gasteiger partial charge in [0, 0.05) is 18.1 Å². The van der Waals surface area contributed by atoms with Crippen molar-refractivity contribution < 1.29 is 4.79 Å². The third kappa shape index (κ3) is 2.93. The Hall–Kier alpha value is -2.82. The Labute approximate surface area is 128 Å². The van der Waals surface area contributed by atoms with Gasteiger partial charge in [-0.1, -0.05) is 36.4 Å². The normalized spacial score (nSPS) is 10.6. The van der Waals surface area contributed by atoms with Crippen molar-refractivity contribution in [2.75, 3.05) is 5.32 Å². The number of hydrogen-bond acceptors (Lipinski definition) is 2. The first-order valence-electron chi connectivity index (χ1n) is 7.31. The van der Waals surface area contributed by atoms with E-state index in [1.807, 2.05) is 60.1 Å². The number of aromatic nitrogens is 2. The van der Waals surface area contributed by atoms with Crippen LogP contribution in [0.1, 0.15) is 12.6 Å². The summed E-state index contributed by atoms with van der Waals surface area (Å²) in [7, 11) is 0. The second-order valence-corrected chi connectivity index (χ2v) is 4.97. The van der Waals surface area contributed by atoms with E-state index in [9.17, 15) is 4.79 Å². The molecule has 1 heterocycles. The van der Waals surface area contributed by atoms with Gasteiger partial charge in [-0.2, -0.15) is 5.10 Å². The van der Waals surface area contributed by atoms with Gasteiger partial charge in [-0.3, -0.25) is 4.68 Å². The van der Waals surface area contributed by atoms with E-state index in [-0.39, 0.29) is 6.03 Å². The summed E-state index contributed by atoms with van der Waals surface area (Å²) in [6, 6.07) is 15.5. The van der Waals surface area contributed by atoms with Crippen LogP contribution in [0.15, 0.2) is 54.7 Å². The van der Waals surface area contributed by atoms with Crippen molar-refractivity contribution in [1.82, 2.24) is 15.1 Å². The molecule has 0 bridgehead atoms. The number of nitrogens with zero attached hydrogens (tertiary/aromatic N) is 2. The number of aryl methyl sites for hydroxylation is 1. The van der Waals surface area contributed by atoms with Crippen molar-refractivity contribution in [3.8, 4) is 0 Å². The van der Waals surface area contributed by atoms with Crippen LogP contribution in [0.3, 0.4) is 0 Å². The van der Waals surface area contributed by atoms with Crippen LogP contribution in [0, 0.1) is 0 Å². The average molecular weight is 294 g/mol. The Balaban J connectivity index is 1.69. The summed E-state index contributed by atoms with van der Waals surface area (Å²) in [5, 5.41) is 12.1. The first kappa shape index (κ1) is 14.1. The lowest BCUT2D eigenvalue weighted by molar-refractivity contribution is 0.251. The van der Waals surface area contributed by atoms with Gasteiger partial charge in [-0.05, 0) is 24.4 Å². The van der Waals surface area contributed by atoms with Crippen LogP contribution >= 0.6 is 0 Å². The molecule has 112 valence electrons. The summed E-state index contributed by atoms with van der Waals surface area (Å²) in [6.45, 7) is 3.26. The SMILES string of the molecule is CCn1nccc1CNC(=O)Nc1cccc2ccccc12. The second-order valence-electron chi connectivity index (χ2n) is 4.97. The molecule has 5 nitrogen and oxygen atoms in total. The Morgan fingerprint density at radius 3 is 2.82 bits per heavy atom. The molecule has 0 radical (unpaired) electrons. The van der Waals surface area contributed by atoms with Gasteiger partial charge in [0.05, 0.1) is 17.9 Å². The number of carbonyl (C=O) groups excluding carboxylic acids is 1. The number of hydrogen-bond donors (Lipinski definition) is 2. The fraction of sp³-hybridized carbons (Fsp3) is 0.176. The van der Waals surface area contributed by atoms with E-state index in [4.69, 9.17) is 0 Å². The zero-order valence-corrected chi connectivity index (χ0v) is 12.4. The molecular formula is C17H18N4O. The fourth-order valence-corrected chi connectivity index (χ4v) is 2.47. The van der Waals surface area contributed by atoms with Crippen LogP contribution in [0.4, 0.5) is 10.5 Å².